The standard InChI is InChI=1S/C16H30N2O6/c1-13(14(2)19)18(4)16(21)5-7-22-9-11-24-12-10-23-8-6-17-15(3)20/h13H,5-12H2,1-4H3,(H,17,20). The van der Waals surface area contributed by atoms with Crippen LogP contribution in [0.15, 0.2) is 0 Å². The van der Waals surface area contributed by atoms with Gasteiger partial charge in [-0.1, -0.05) is 0 Å². The van der Waals surface area contributed by atoms with E-state index in [9.17, 15) is 14.4 Å². The predicted octanol–water partition coefficient (Wildman–Crippen LogP) is -0.00170. The minimum absolute atomic E-state index is 0.0422. The van der Waals surface area contributed by atoms with Crippen LogP contribution in [0, 0.1) is 0 Å². The van der Waals surface area contributed by atoms with Gasteiger partial charge in [0.1, 0.15) is 0 Å². The molecule has 0 aliphatic rings. The first-order chi connectivity index (χ1) is 11.4. The van der Waals surface area contributed by atoms with Crippen molar-refractivity contribution in [1.82, 2.24) is 10.2 Å². The van der Waals surface area contributed by atoms with Gasteiger partial charge in [0, 0.05) is 20.5 Å². The monoisotopic (exact) mass is 346 g/mol. The van der Waals surface area contributed by atoms with Crippen LogP contribution in [-0.4, -0.2) is 81.8 Å². The Bertz CT molecular complexity index is 389. The van der Waals surface area contributed by atoms with E-state index >= 15 is 0 Å². The summed E-state index contributed by atoms with van der Waals surface area (Å²) in [6.45, 7) is 7.57. The normalized spacial score (nSPS) is 11.8. The molecule has 0 rings (SSSR count). The predicted molar refractivity (Wildman–Crippen MR) is 88.7 cm³/mol. The molecule has 0 aliphatic heterocycles. The Morgan fingerprint density at radius 1 is 0.917 bits per heavy atom. The van der Waals surface area contributed by atoms with Crippen molar-refractivity contribution >= 4 is 17.6 Å². The lowest BCUT2D eigenvalue weighted by Gasteiger charge is -2.22. The molecule has 0 radical (unpaired) electrons. The Hall–Kier alpha value is -1.51. The molecule has 0 saturated heterocycles. The van der Waals surface area contributed by atoms with Crippen LogP contribution in [-0.2, 0) is 28.6 Å². The first-order valence-corrected chi connectivity index (χ1v) is 8.10. The fourth-order valence-corrected chi connectivity index (χ4v) is 1.67. The van der Waals surface area contributed by atoms with Gasteiger partial charge in [0.05, 0.1) is 52.1 Å². The summed E-state index contributed by atoms with van der Waals surface area (Å²) in [4.78, 5) is 35.1. The van der Waals surface area contributed by atoms with E-state index in [4.69, 9.17) is 14.2 Å². The third kappa shape index (κ3) is 12.0. The van der Waals surface area contributed by atoms with E-state index in [1.165, 1.54) is 18.7 Å². The number of carbonyl (C=O) groups is 3. The van der Waals surface area contributed by atoms with Crippen molar-refractivity contribution in [3.63, 3.8) is 0 Å². The quantitative estimate of drug-likeness (QED) is 0.445. The Labute approximate surface area is 143 Å². The van der Waals surface area contributed by atoms with Crippen molar-refractivity contribution in [2.24, 2.45) is 0 Å². The molecule has 1 atom stereocenters. The largest absolute Gasteiger partial charge is 0.379 e. The molecule has 8 nitrogen and oxygen atoms in total. The maximum Gasteiger partial charge on any atom is 0.225 e. The fraction of sp³-hybridized carbons (Fsp3) is 0.812. The first-order valence-electron chi connectivity index (χ1n) is 8.10. The minimum atomic E-state index is -0.411. The van der Waals surface area contributed by atoms with Gasteiger partial charge in [0.25, 0.3) is 0 Å². The third-order valence-electron chi connectivity index (χ3n) is 3.39. The van der Waals surface area contributed by atoms with Gasteiger partial charge >= 0.3 is 0 Å². The van der Waals surface area contributed by atoms with Crippen molar-refractivity contribution in [1.29, 1.82) is 0 Å². The molecule has 0 saturated carbocycles. The second kappa shape index (κ2) is 13.9. The van der Waals surface area contributed by atoms with Gasteiger partial charge in [-0.05, 0) is 13.8 Å². The fourth-order valence-electron chi connectivity index (χ4n) is 1.67. The summed E-state index contributed by atoms with van der Waals surface area (Å²) in [5, 5.41) is 2.63. The molecule has 24 heavy (non-hydrogen) atoms. The van der Waals surface area contributed by atoms with E-state index in [1.807, 2.05) is 0 Å². The Kier molecular flexibility index (Phi) is 13.0. The molecule has 0 fully saturated rings. The number of ether oxygens (including phenoxy) is 3. The molecule has 0 aromatic carbocycles. The number of rotatable bonds is 14. The number of carbonyl (C=O) groups excluding carboxylic acids is 3. The lowest BCUT2D eigenvalue weighted by Crippen LogP contribution is -2.39. The maximum absolute atomic E-state index is 11.8. The average molecular weight is 346 g/mol. The van der Waals surface area contributed by atoms with Gasteiger partial charge in [0.2, 0.25) is 11.8 Å². The number of Topliss-reactive ketones (excluding diaryl/α,β-unsaturated/α-hetero) is 1. The van der Waals surface area contributed by atoms with E-state index in [1.54, 1.807) is 14.0 Å². The van der Waals surface area contributed by atoms with Crippen molar-refractivity contribution in [3.05, 3.63) is 0 Å². The van der Waals surface area contributed by atoms with E-state index in [0.29, 0.717) is 46.2 Å². The van der Waals surface area contributed by atoms with Crippen molar-refractivity contribution < 1.29 is 28.6 Å². The molecular weight excluding hydrogens is 316 g/mol. The van der Waals surface area contributed by atoms with Gasteiger partial charge in [-0.25, -0.2) is 0 Å². The van der Waals surface area contributed by atoms with E-state index in [-0.39, 0.29) is 24.0 Å². The zero-order valence-electron chi connectivity index (χ0n) is 15.1. The maximum atomic E-state index is 11.8. The second-order valence-corrected chi connectivity index (χ2v) is 5.36. The summed E-state index contributed by atoms with van der Waals surface area (Å²) in [5.41, 5.74) is 0. The highest BCUT2D eigenvalue weighted by atomic mass is 16.5. The molecule has 140 valence electrons. The Balaban J connectivity index is 3.40. The summed E-state index contributed by atoms with van der Waals surface area (Å²) in [5.74, 6) is -0.238. The summed E-state index contributed by atoms with van der Waals surface area (Å²) >= 11 is 0. The Morgan fingerprint density at radius 3 is 1.92 bits per heavy atom. The molecule has 0 aliphatic carbocycles. The summed E-state index contributed by atoms with van der Waals surface area (Å²) < 4.78 is 15.9. The third-order valence-corrected chi connectivity index (χ3v) is 3.39. The molecule has 1 unspecified atom stereocenters. The van der Waals surface area contributed by atoms with Gasteiger partial charge in [-0.3, -0.25) is 14.4 Å². The molecule has 8 heteroatoms. The highest BCUT2D eigenvalue weighted by Gasteiger charge is 2.18. The number of hydrogen-bond acceptors (Lipinski definition) is 6. The zero-order valence-corrected chi connectivity index (χ0v) is 15.1. The molecule has 0 heterocycles. The van der Waals surface area contributed by atoms with Gasteiger partial charge < -0.3 is 24.4 Å². The smallest absolute Gasteiger partial charge is 0.225 e. The van der Waals surface area contributed by atoms with Crippen LogP contribution >= 0.6 is 0 Å². The number of amides is 2. The molecule has 0 aromatic heterocycles. The summed E-state index contributed by atoms with van der Waals surface area (Å²) in [7, 11) is 1.61. The van der Waals surface area contributed by atoms with Crippen LogP contribution < -0.4 is 5.32 Å². The summed E-state index contributed by atoms with van der Waals surface area (Å²) in [6, 6.07) is -0.411. The van der Waals surface area contributed by atoms with Crippen LogP contribution in [0.2, 0.25) is 0 Å². The van der Waals surface area contributed by atoms with Crippen molar-refractivity contribution in [2.75, 3.05) is 53.2 Å². The zero-order chi connectivity index (χ0) is 18.4. The van der Waals surface area contributed by atoms with Crippen LogP contribution in [0.1, 0.15) is 27.2 Å². The highest BCUT2D eigenvalue weighted by Crippen LogP contribution is 2.00. The number of ketones is 1. The summed E-state index contributed by atoms with van der Waals surface area (Å²) in [6.07, 6.45) is 0.236. The van der Waals surface area contributed by atoms with Crippen LogP contribution in [0.3, 0.4) is 0 Å². The lowest BCUT2D eigenvalue weighted by atomic mass is 10.2. The van der Waals surface area contributed by atoms with E-state index in [0.717, 1.165) is 0 Å². The SMILES string of the molecule is CC(=O)NCCOCCOCCOCCC(=O)N(C)C(C)C(C)=O. The van der Waals surface area contributed by atoms with Gasteiger partial charge in [0.15, 0.2) is 5.78 Å². The van der Waals surface area contributed by atoms with Crippen LogP contribution in [0.4, 0.5) is 0 Å². The average Bonchev–Trinajstić information content (AvgIpc) is 2.53. The van der Waals surface area contributed by atoms with Gasteiger partial charge in [-0.2, -0.15) is 0 Å². The van der Waals surface area contributed by atoms with Crippen LogP contribution in [0.5, 0.6) is 0 Å². The first kappa shape index (κ1) is 22.5. The molecule has 2 amide bonds. The number of nitrogens with zero attached hydrogens (tertiary/aromatic N) is 1. The molecular formula is C16H30N2O6. The molecule has 1 N–H and O–H groups in total. The van der Waals surface area contributed by atoms with Crippen molar-refractivity contribution in [3.8, 4) is 0 Å². The Morgan fingerprint density at radius 2 is 1.42 bits per heavy atom. The second-order valence-electron chi connectivity index (χ2n) is 5.36. The molecule has 0 bridgehead atoms. The lowest BCUT2D eigenvalue weighted by molar-refractivity contribution is -0.137. The number of hydrogen-bond donors (Lipinski definition) is 1. The van der Waals surface area contributed by atoms with E-state index in [2.05, 4.69) is 5.32 Å². The highest BCUT2D eigenvalue weighted by molar-refractivity contribution is 5.87. The number of likely N-dealkylation sites (N-methyl/N-ethyl adjacent to an activating group) is 1. The molecule has 0 spiro atoms. The minimum Gasteiger partial charge on any atom is -0.379 e. The van der Waals surface area contributed by atoms with Gasteiger partial charge in [-0.15, -0.1) is 0 Å². The topological polar surface area (TPSA) is 94.2 Å². The van der Waals surface area contributed by atoms with E-state index < -0.39 is 6.04 Å². The van der Waals surface area contributed by atoms with Crippen molar-refractivity contribution in [2.45, 2.75) is 33.2 Å². The number of nitrogens with one attached hydrogen (secondary N) is 1. The molecule has 0 aromatic rings. The van der Waals surface area contributed by atoms with Crippen LogP contribution in [0.25, 0.3) is 0 Å².